The van der Waals surface area contributed by atoms with Crippen LogP contribution in [0.15, 0.2) is 42.7 Å². The van der Waals surface area contributed by atoms with Crippen molar-refractivity contribution in [2.75, 3.05) is 19.0 Å². The smallest absolute Gasteiger partial charge is 0.258 e. The van der Waals surface area contributed by atoms with Crippen molar-refractivity contribution in [1.82, 2.24) is 9.38 Å². The van der Waals surface area contributed by atoms with Gasteiger partial charge in [-0.15, -0.1) is 12.4 Å². The third-order valence-electron chi connectivity index (χ3n) is 4.31. The number of nitrogens with two attached hydrogens (primary N) is 1. The van der Waals surface area contributed by atoms with Crippen molar-refractivity contribution in [3.63, 3.8) is 0 Å². The highest BCUT2D eigenvalue weighted by Gasteiger charge is 2.23. The van der Waals surface area contributed by atoms with Gasteiger partial charge in [-0.3, -0.25) is 9.59 Å². The average Bonchev–Trinajstić information content (AvgIpc) is 3.07. The second-order valence-corrected chi connectivity index (χ2v) is 6.90. The molecule has 1 unspecified atom stereocenters. The minimum atomic E-state index is -0.570. The lowest BCUT2D eigenvalue weighted by atomic mass is 10.0. The topological polar surface area (TPSA) is 98.7 Å². The number of nitrogens with one attached hydrogen (secondary N) is 1. The molecule has 154 valence electrons. The number of aromatic nitrogens is 2. The quantitative estimate of drug-likeness (QED) is 0.562. The van der Waals surface area contributed by atoms with Crippen molar-refractivity contribution >= 4 is 58.8 Å². The molecule has 29 heavy (non-hydrogen) atoms. The van der Waals surface area contributed by atoms with Crippen molar-refractivity contribution in [1.29, 1.82) is 0 Å². The summed E-state index contributed by atoms with van der Waals surface area (Å²) in [5.74, 6) is -1.51. The number of primary amides is 1. The lowest BCUT2D eigenvalue weighted by molar-refractivity contribution is -0.119. The summed E-state index contributed by atoms with van der Waals surface area (Å²) in [6.45, 7) is 0.377. The predicted octanol–water partition coefficient (Wildman–Crippen LogP) is 3.92. The number of methoxy groups -OCH3 is 1. The van der Waals surface area contributed by atoms with Gasteiger partial charge in [0.05, 0.1) is 39.1 Å². The van der Waals surface area contributed by atoms with E-state index in [1.807, 2.05) is 0 Å². The maximum absolute atomic E-state index is 12.7. The molecule has 7 nitrogen and oxygen atoms in total. The van der Waals surface area contributed by atoms with Gasteiger partial charge in [-0.05, 0) is 30.7 Å². The predicted molar refractivity (Wildman–Crippen MR) is 115 cm³/mol. The number of carbonyl (C=O) groups excluding carboxylic acids is 2. The highest BCUT2D eigenvalue weighted by molar-refractivity contribution is 6.40. The maximum atomic E-state index is 12.7. The van der Waals surface area contributed by atoms with E-state index in [4.69, 9.17) is 33.7 Å². The Morgan fingerprint density at radius 1 is 1.24 bits per heavy atom. The fraction of sp³-hybridized carbons (Fsp3) is 0.211. The Kier molecular flexibility index (Phi) is 7.87. The molecule has 1 atom stereocenters. The minimum absolute atomic E-state index is 0. The first-order valence-electron chi connectivity index (χ1n) is 8.43. The van der Waals surface area contributed by atoms with E-state index < -0.39 is 17.7 Å². The summed E-state index contributed by atoms with van der Waals surface area (Å²) < 4.78 is 6.78. The van der Waals surface area contributed by atoms with Gasteiger partial charge in [0.15, 0.2) is 5.65 Å². The SMILES string of the molecule is COCCC(C(N)=O)c1cnc2c(NC(=O)c3c(Cl)cccc3Cl)cccn12.Cl. The van der Waals surface area contributed by atoms with Crippen LogP contribution in [-0.2, 0) is 9.53 Å². The molecule has 0 aliphatic heterocycles. The van der Waals surface area contributed by atoms with Crippen LogP contribution >= 0.6 is 35.6 Å². The molecule has 0 bridgehead atoms. The summed E-state index contributed by atoms with van der Waals surface area (Å²) in [5, 5.41) is 3.27. The molecule has 0 saturated carbocycles. The summed E-state index contributed by atoms with van der Waals surface area (Å²) >= 11 is 12.2. The number of imidazole rings is 1. The molecule has 0 spiro atoms. The molecule has 0 radical (unpaired) electrons. The number of pyridine rings is 1. The normalized spacial score (nSPS) is 11.7. The zero-order chi connectivity index (χ0) is 20.3. The van der Waals surface area contributed by atoms with Crippen LogP contribution in [0.1, 0.15) is 28.4 Å². The van der Waals surface area contributed by atoms with Crippen molar-refractivity contribution < 1.29 is 14.3 Å². The third kappa shape index (κ3) is 4.82. The molecule has 3 N–H and O–H groups in total. The molecule has 2 amide bonds. The van der Waals surface area contributed by atoms with E-state index in [1.165, 1.54) is 0 Å². The van der Waals surface area contributed by atoms with Gasteiger partial charge < -0.3 is 20.2 Å². The maximum Gasteiger partial charge on any atom is 0.258 e. The Labute approximate surface area is 183 Å². The van der Waals surface area contributed by atoms with Gasteiger partial charge in [-0.2, -0.15) is 0 Å². The second kappa shape index (κ2) is 9.93. The fourth-order valence-electron chi connectivity index (χ4n) is 2.96. The molecular weight excluding hydrogens is 439 g/mol. The van der Waals surface area contributed by atoms with Crippen molar-refractivity contribution in [3.8, 4) is 0 Å². The number of fused-ring (bicyclic) bond motifs is 1. The minimum Gasteiger partial charge on any atom is -0.385 e. The number of rotatable bonds is 7. The van der Waals surface area contributed by atoms with E-state index in [0.717, 1.165) is 0 Å². The van der Waals surface area contributed by atoms with Crippen molar-refractivity contribution in [2.45, 2.75) is 12.3 Å². The van der Waals surface area contributed by atoms with Crippen LogP contribution in [0.25, 0.3) is 5.65 Å². The van der Waals surface area contributed by atoms with E-state index in [1.54, 1.807) is 54.2 Å². The molecule has 0 aliphatic rings. The fourth-order valence-corrected chi connectivity index (χ4v) is 3.53. The summed E-state index contributed by atoms with van der Waals surface area (Å²) in [7, 11) is 1.56. The van der Waals surface area contributed by atoms with E-state index in [-0.39, 0.29) is 28.0 Å². The number of benzene rings is 1. The third-order valence-corrected chi connectivity index (χ3v) is 4.94. The lowest BCUT2D eigenvalue weighted by Crippen LogP contribution is -2.23. The van der Waals surface area contributed by atoms with Crippen LogP contribution in [0, 0.1) is 0 Å². The van der Waals surface area contributed by atoms with Crippen molar-refractivity contribution in [3.05, 3.63) is 64.0 Å². The Balaban J connectivity index is 0.00000300. The van der Waals surface area contributed by atoms with E-state index >= 15 is 0 Å². The number of nitrogens with zero attached hydrogens (tertiary/aromatic N) is 2. The Morgan fingerprint density at radius 2 is 1.93 bits per heavy atom. The zero-order valence-electron chi connectivity index (χ0n) is 15.4. The first kappa shape index (κ1) is 23.0. The van der Waals surface area contributed by atoms with Gasteiger partial charge in [0.1, 0.15) is 0 Å². The van der Waals surface area contributed by atoms with Crippen LogP contribution in [0.4, 0.5) is 5.69 Å². The van der Waals surface area contributed by atoms with E-state index in [2.05, 4.69) is 10.3 Å². The Bertz CT molecular complexity index is 1020. The summed E-state index contributed by atoms with van der Waals surface area (Å²) in [4.78, 5) is 28.9. The van der Waals surface area contributed by atoms with Gasteiger partial charge in [0.2, 0.25) is 5.91 Å². The van der Waals surface area contributed by atoms with Crippen LogP contribution in [-0.4, -0.2) is 34.9 Å². The number of hydrogen-bond donors (Lipinski definition) is 2. The standard InChI is InChI=1S/C19H18Cl2N4O3.ClH/c1-28-9-7-11(17(22)26)15-10-23-18-14(6-3-8-25(15)18)24-19(27)16-12(20)4-2-5-13(16)21;/h2-6,8,10-11H,7,9H2,1H3,(H2,22,26)(H,24,27);1H. The molecule has 0 saturated heterocycles. The van der Waals surface area contributed by atoms with Crippen LogP contribution in [0.5, 0.6) is 0 Å². The van der Waals surface area contributed by atoms with Gasteiger partial charge in [-0.25, -0.2) is 4.98 Å². The van der Waals surface area contributed by atoms with Crippen molar-refractivity contribution in [2.24, 2.45) is 5.73 Å². The number of carbonyl (C=O) groups is 2. The van der Waals surface area contributed by atoms with Gasteiger partial charge in [0.25, 0.3) is 5.91 Å². The molecule has 10 heteroatoms. The van der Waals surface area contributed by atoms with E-state index in [9.17, 15) is 9.59 Å². The summed E-state index contributed by atoms with van der Waals surface area (Å²) in [5.41, 5.74) is 7.26. The molecular formula is C19H19Cl3N4O3. The largest absolute Gasteiger partial charge is 0.385 e. The molecule has 0 aliphatic carbocycles. The first-order valence-corrected chi connectivity index (χ1v) is 9.19. The van der Waals surface area contributed by atoms with Gasteiger partial charge in [0, 0.05) is 19.9 Å². The number of anilines is 1. The lowest BCUT2D eigenvalue weighted by Gasteiger charge is -2.14. The average molecular weight is 458 g/mol. The summed E-state index contributed by atoms with van der Waals surface area (Å²) in [6, 6.07) is 8.26. The second-order valence-electron chi connectivity index (χ2n) is 6.09. The van der Waals surface area contributed by atoms with E-state index in [0.29, 0.717) is 30.1 Å². The first-order chi connectivity index (χ1) is 13.4. The Morgan fingerprint density at radius 3 is 2.55 bits per heavy atom. The highest BCUT2D eigenvalue weighted by Crippen LogP contribution is 2.28. The molecule has 0 fully saturated rings. The summed E-state index contributed by atoms with van der Waals surface area (Å²) in [6.07, 6.45) is 3.74. The number of ether oxygens (including phenoxy) is 1. The van der Waals surface area contributed by atoms with Crippen LogP contribution < -0.4 is 11.1 Å². The van der Waals surface area contributed by atoms with Gasteiger partial charge in [-0.1, -0.05) is 29.3 Å². The Hall–Kier alpha value is -2.32. The molecule has 2 heterocycles. The molecule has 3 aromatic rings. The monoisotopic (exact) mass is 456 g/mol. The highest BCUT2D eigenvalue weighted by atomic mass is 35.5. The molecule has 1 aromatic carbocycles. The zero-order valence-corrected chi connectivity index (χ0v) is 17.7. The van der Waals surface area contributed by atoms with Crippen LogP contribution in [0.2, 0.25) is 10.0 Å². The number of hydrogen-bond acceptors (Lipinski definition) is 4. The molecule has 3 rings (SSSR count). The number of amides is 2. The van der Waals surface area contributed by atoms with Crippen LogP contribution in [0.3, 0.4) is 0 Å². The number of halogens is 3. The molecule has 2 aromatic heterocycles. The van der Waals surface area contributed by atoms with Gasteiger partial charge >= 0.3 is 0 Å².